The van der Waals surface area contributed by atoms with Crippen LogP contribution in [0.5, 0.6) is 0 Å². The molecule has 1 aromatic heterocycles. The van der Waals surface area contributed by atoms with Gasteiger partial charge in [-0.25, -0.2) is 0 Å². The van der Waals surface area contributed by atoms with Crippen molar-refractivity contribution < 1.29 is 9.59 Å². The van der Waals surface area contributed by atoms with Gasteiger partial charge in [-0.15, -0.1) is 16.8 Å². The molecule has 1 aliphatic carbocycles. The van der Waals surface area contributed by atoms with Crippen molar-refractivity contribution in [2.75, 3.05) is 18.9 Å². The van der Waals surface area contributed by atoms with Crippen LogP contribution in [-0.4, -0.2) is 50.3 Å². The second-order valence-corrected chi connectivity index (χ2v) is 9.90. The Balaban J connectivity index is 1.62. The Morgan fingerprint density at radius 2 is 2.00 bits per heavy atom. The maximum absolute atomic E-state index is 13.0. The number of amides is 2. The van der Waals surface area contributed by atoms with Gasteiger partial charge < -0.3 is 14.8 Å². The third-order valence-corrected chi connectivity index (χ3v) is 7.15. The van der Waals surface area contributed by atoms with Crippen LogP contribution in [0.3, 0.4) is 0 Å². The predicted molar refractivity (Wildman–Crippen MR) is 133 cm³/mol. The van der Waals surface area contributed by atoms with Crippen LogP contribution in [0.1, 0.15) is 63.3 Å². The largest absolute Gasteiger partial charge is 0.335 e. The summed E-state index contributed by atoms with van der Waals surface area (Å²) in [7, 11) is 1.66. The SMILES string of the molecule is C=CCn1c(S[C@@H](C)C(=O)N(C)CC(=O)Nc2ccccc2CC)nnc1C1CCCCC1. The first-order chi connectivity index (χ1) is 15.9. The number of thioether (sulfide) groups is 1. The third kappa shape index (κ3) is 6.47. The topological polar surface area (TPSA) is 80.1 Å². The zero-order chi connectivity index (χ0) is 23.8. The van der Waals surface area contributed by atoms with Crippen molar-refractivity contribution in [3.63, 3.8) is 0 Å². The van der Waals surface area contributed by atoms with Crippen LogP contribution in [0, 0.1) is 0 Å². The number of para-hydroxylation sites is 1. The van der Waals surface area contributed by atoms with Crippen molar-refractivity contribution in [1.29, 1.82) is 0 Å². The Hall–Kier alpha value is -2.61. The summed E-state index contributed by atoms with van der Waals surface area (Å²) in [6, 6.07) is 7.72. The highest BCUT2D eigenvalue weighted by Gasteiger charge is 2.26. The second kappa shape index (κ2) is 12.0. The first-order valence-electron chi connectivity index (χ1n) is 11.8. The van der Waals surface area contributed by atoms with Crippen molar-refractivity contribution in [3.05, 3.63) is 48.3 Å². The number of nitrogens with one attached hydrogen (secondary N) is 1. The lowest BCUT2D eigenvalue weighted by Crippen LogP contribution is -2.39. The summed E-state index contributed by atoms with van der Waals surface area (Å²) in [5, 5.41) is 12.1. The molecule has 7 nitrogen and oxygen atoms in total. The fraction of sp³-hybridized carbons (Fsp3) is 0.520. The third-order valence-electron chi connectivity index (χ3n) is 6.09. The number of hydrogen-bond donors (Lipinski definition) is 1. The molecule has 1 aliphatic rings. The molecule has 0 saturated heterocycles. The van der Waals surface area contributed by atoms with E-state index in [0.29, 0.717) is 12.5 Å². The molecule has 0 bridgehead atoms. The smallest absolute Gasteiger partial charge is 0.243 e. The number of carbonyl (C=O) groups excluding carboxylic acids is 2. The lowest BCUT2D eigenvalue weighted by atomic mass is 9.89. The lowest BCUT2D eigenvalue weighted by molar-refractivity contribution is -0.132. The van der Waals surface area contributed by atoms with Gasteiger partial charge in [-0.3, -0.25) is 9.59 Å². The van der Waals surface area contributed by atoms with Gasteiger partial charge in [0.1, 0.15) is 5.82 Å². The van der Waals surface area contributed by atoms with Crippen molar-refractivity contribution >= 4 is 29.3 Å². The minimum Gasteiger partial charge on any atom is -0.335 e. The van der Waals surface area contributed by atoms with E-state index in [4.69, 9.17) is 0 Å². The Bertz CT molecular complexity index is 967. The van der Waals surface area contributed by atoms with Crippen LogP contribution in [0.4, 0.5) is 5.69 Å². The van der Waals surface area contributed by atoms with Crippen LogP contribution in [0.15, 0.2) is 42.1 Å². The number of aromatic nitrogens is 3. The molecular weight excluding hydrogens is 434 g/mol. The highest BCUT2D eigenvalue weighted by Crippen LogP contribution is 2.34. The molecule has 1 saturated carbocycles. The number of likely N-dealkylation sites (N-methyl/N-ethyl adjacent to an activating group) is 1. The molecule has 1 aromatic carbocycles. The Labute approximate surface area is 201 Å². The van der Waals surface area contributed by atoms with Crippen molar-refractivity contribution in [2.24, 2.45) is 0 Å². The van der Waals surface area contributed by atoms with Gasteiger partial charge in [0, 0.05) is 25.2 Å². The molecule has 1 atom stereocenters. The average Bonchev–Trinajstić information content (AvgIpc) is 3.21. The summed E-state index contributed by atoms with van der Waals surface area (Å²) in [6.45, 7) is 8.39. The molecule has 0 spiro atoms. The first kappa shape index (κ1) is 25.0. The fourth-order valence-electron chi connectivity index (χ4n) is 4.30. The first-order valence-corrected chi connectivity index (χ1v) is 12.7. The summed E-state index contributed by atoms with van der Waals surface area (Å²) in [6.07, 6.45) is 8.66. The van der Waals surface area contributed by atoms with Crippen LogP contribution in [-0.2, 0) is 22.6 Å². The van der Waals surface area contributed by atoms with Gasteiger partial charge >= 0.3 is 0 Å². The number of allylic oxidation sites excluding steroid dienone is 1. The molecule has 1 heterocycles. The zero-order valence-corrected chi connectivity index (χ0v) is 20.7. The van der Waals surface area contributed by atoms with E-state index in [-0.39, 0.29) is 18.4 Å². The maximum Gasteiger partial charge on any atom is 0.243 e. The molecule has 1 N–H and O–H groups in total. The zero-order valence-electron chi connectivity index (χ0n) is 19.9. The molecule has 2 aromatic rings. The van der Waals surface area contributed by atoms with Gasteiger partial charge in [-0.1, -0.05) is 62.2 Å². The summed E-state index contributed by atoms with van der Waals surface area (Å²) < 4.78 is 2.09. The van der Waals surface area contributed by atoms with E-state index in [1.807, 2.05) is 44.2 Å². The van der Waals surface area contributed by atoms with Crippen molar-refractivity contribution in [2.45, 2.75) is 75.2 Å². The Morgan fingerprint density at radius 3 is 2.70 bits per heavy atom. The fourth-order valence-corrected chi connectivity index (χ4v) is 5.28. The number of rotatable bonds is 10. The van der Waals surface area contributed by atoms with E-state index >= 15 is 0 Å². The summed E-state index contributed by atoms with van der Waals surface area (Å²) in [5.74, 6) is 1.09. The molecule has 33 heavy (non-hydrogen) atoms. The number of aryl methyl sites for hydroxylation is 1. The van der Waals surface area contributed by atoms with Gasteiger partial charge in [0.25, 0.3) is 0 Å². The van der Waals surface area contributed by atoms with E-state index in [2.05, 4.69) is 26.7 Å². The molecule has 3 rings (SSSR count). The van der Waals surface area contributed by atoms with Gasteiger partial charge in [0.2, 0.25) is 11.8 Å². The molecule has 0 radical (unpaired) electrons. The van der Waals surface area contributed by atoms with E-state index in [9.17, 15) is 9.59 Å². The lowest BCUT2D eigenvalue weighted by Gasteiger charge is -2.22. The minimum atomic E-state index is -0.391. The van der Waals surface area contributed by atoms with E-state index in [1.165, 1.54) is 35.9 Å². The van der Waals surface area contributed by atoms with E-state index < -0.39 is 5.25 Å². The molecular formula is C25H35N5O2S. The quantitative estimate of drug-likeness (QED) is 0.405. The average molecular weight is 470 g/mol. The Morgan fingerprint density at radius 1 is 1.27 bits per heavy atom. The number of anilines is 1. The maximum atomic E-state index is 13.0. The summed E-state index contributed by atoms with van der Waals surface area (Å²) >= 11 is 1.39. The number of benzene rings is 1. The standard InChI is InChI=1S/C25H35N5O2S/c1-5-16-30-23(20-13-8-7-9-14-20)27-28-25(30)33-18(3)24(32)29(4)17-22(31)26-21-15-11-10-12-19(21)6-2/h5,10-12,15,18,20H,1,6-9,13-14,16-17H2,2-4H3,(H,26,31)/t18-/m0/s1. The monoisotopic (exact) mass is 469 g/mol. The second-order valence-electron chi connectivity index (χ2n) is 8.59. The molecule has 0 unspecified atom stereocenters. The van der Waals surface area contributed by atoms with Crippen LogP contribution >= 0.6 is 11.8 Å². The van der Waals surface area contributed by atoms with Crippen molar-refractivity contribution in [3.8, 4) is 0 Å². The van der Waals surface area contributed by atoms with Gasteiger partial charge in [-0.05, 0) is 37.8 Å². The number of nitrogens with zero attached hydrogens (tertiary/aromatic N) is 4. The number of carbonyl (C=O) groups is 2. The van der Waals surface area contributed by atoms with Gasteiger partial charge in [-0.2, -0.15) is 0 Å². The summed E-state index contributed by atoms with van der Waals surface area (Å²) in [5.41, 5.74) is 1.86. The van der Waals surface area contributed by atoms with Crippen molar-refractivity contribution in [1.82, 2.24) is 19.7 Å². The molecule has 1 fully saturated rings. The summed E-state index contributed by atoms with van der Waals surface area (Å²) in [4.78, 5) is 27.0. The highest BCUT2D eigenvalue weighted by atomic mass is 32.2. The predicted octanol–water partition coefficient (Wildman–Crippen LogP) is 4.65. The highest BCUT2D eigenvalue weighted by molar-refractivity contribution is 8.00. The molecule has 178 valence electrons. The molecule has 2 amide bonds. The van der Waals surface area contributed by atoms with E-state index in [1.54, 1.807) is 7.05 Å². The van der Waals surface area contributed by atoms with Gasteiger partial charge in [0.05, 0.1) is 11.8 Å². The van der Waals surface area contributed by atoms with Gasteiger partial charge in [0.15, 0.2) is 5.16 Å². The minimum absolute atomic E-state index is 0.00550. The van der Waals surface area contributed by atoms with Crippen LogP contribution in [0.2, 0.25) is 0 Å². The van der Waals surface area contributed by atoms with E-state index in [0.717, 1.165) is 41.5 Å². The van der Waals surface area contributed by atoms with Crippen LogP contribution < -0.4 is 5.32 Å². The normalized spacial score (nSPS) is 15.1. The van der Waals surface area contributed by atoms with Crippen LogP contribution in [0.25, 0.3) is 0 Å². The number of hydrogen-bond acceptors (Lipinski definition) is 5. The Kier molecular flexibility index (Phi) is 9.11. The molecule has 8 heteroatoms. The molecule has 0 aliphatic heterocycles.